The molecular weight excluding hydrogens is 136 g/mol. The van der Waals surface area contributed by atoms with Gasteiger partial charge in [-0.3, -0.25) is 4.90 Å². The van der Waals surface area contributed by atoms with Gasteiger partial charge in [0.05, 0.1) is 0 Å². The summed E-state index contributed by atoms with van der Waals surface area (Å²) >= 11 is 0. The summed E-state index contributed by atoms with van der Waals surface area (Å²) in [6.07, 6.45) is 5.40. The van der Waals surface area contributed by atoms with Crippen LogP contribution in [0.15, 0.2) is 0 Å². The highest BCUT2D eigenvalue weighted by molar-refractivity contribution is 5.04. The fraction of sp³-hybridized carbons (Fsp3) is 1.00. The van der Waals surface area contributed by atoms with Crippen LogP contribution in [0, 0.1) is 0 Å². The lowest BCUT2D eigenvalue weighted by Gasteiger charge is -2.35. The largest absolute Gasteiger partial charge is 0.326 e. The van der Waals surface area contributed by atoms with Crippen molar-refractivity contribution < 1.29 is 0 Å². The van der Waals surface area contributed by atoms with Crippen LogP contribution in [0.2, 0.25) is 0 Å². The predicted molar refractivity (Wildman–Crippen MR) is 46.4 cm³/mol. The molecule has 0 aromatic rings. The standard InChI is InChI=1S/C9H18N2/c1-8(10)9-4-2-6-11(9)7-3-5-9/h8H,2-7,10H2,1H3/t8-/m1/s1. The Bertz CT molecular complexity index is 144. The molecule has 0 bridgehead atoms. The van der Waals surface area contributed by atoms with Gasteiger partial charge in [-0.1, -0.05) is 0 Å². The smallest absolute Gasteiger partial charge is 0.0358 e. The van der Waals surface area contributed by atoms with Gasteiger partial charge in [0.25, 0.3) is 0 Å². The van der Waals surface area contributed by atoms with E-state index in [2.05, 4.69) is 11.8 Å². The van der Waals surface area contributed by atoms with Crippen molar-refractivity contribution >= 4 is 0 Å². The Morgan fingerprint density at radius 2 is 1.82 bits per heavy atom. The number of nitrogens with zero attached hydrogens (tertiary/aromatic N) is 1. The molecule has 0 unspecified atom stereocenters. The lowest BCUT2D eigenvalue weighted by molar-refractivity contribution is 0.166. The minimum absolute atomic E-state index is 0.368. The number of hydrogen-bond acceptors (Lipinski definition) is 2. The molecule has 2 aliphatic heterocycles. The van der Waals surface area contributed by atoms with Crippen LogP contribution in [0.5, 0.6) is 0 Å². The molecule has 0 saturated carbocycles. The number of hydrogen-bond donors (Lipinski definition) is 1. The highest BCUT2D eigenvalue weighted by Crippen LogP contribution is 2.40. The average Bonchev–Trinajstić information content (AvgIpc) is 2.40. The number of fused-ring (bicyclic) bond motifs is 1. The number of nitrogens with two attached hydrogens (primary N) is 1. The van der Waals surface area contributed by atoms with Gasteiger partial charge in [-0.25, -0.2) is 0 Å². The normalized spacial score (nSPS) is 32.2. The van der Waals surface area contributed by atoms with E-state index in [1.165, 1.54) is 38.8 Å². The molecular formula is C9H18N2. The molecule has 0 radical (unpaired) electrons. The lowest BCUT2D eigenvalue weighted by atomic mass is 9.87. The first-order valence-corrected chi connectivity index (χ1v) is 4.76. The van der Waals surface area contributed by atoms with Crippen LogP contribution in [-0.4, -0.2) is 29.6 Å². The van der Waals surface area contributed by atoms with Crippen LogP contribution in [0.25, 0.3) is 0 Å². The van der Waals surface area contributed by atoms with E-state index in [1.807, 2.05) is 0 Å². The van der Waals surface area contributed by atoms with Crippen molar-refractivity contribution in [1.29, 1.82) is 0 Å². The Hall–Kier alpha value is -0.0800. The van der Waals surface area contributed by atoms with Crippen molar-refractivity contribution in [1.82, 2.24) is 4.90 Å². The van der Waals surface area contributed by atoms with Gasteiger partial charge in [0, 0.05) is 11.6 Å². The molecule has 0 spiro atoms. The molecule has 64 valence electrons. The minimum Gasteiger partial charge on any atom is -0.326 e. The van der Waals surface area contributed by atoms with Crippen LogP contribution in [0.3, 0.4) is 0 Å². The maximum absolute atomic E-state index is 6.03. The fourth-order valence-electron chi connectivity index (χ4n) is 2.89. The van der Waals surface area contributed by atoms with Crippen LogP contribution < -0.4 is 5.73 Å². The van der Waals surface area contributed by atoms with Crippen molar-refractivity contribution in [2.24, 2.45) is 5.73 Å². The van der Waals surface area contributed by atoms with Gasteiger partial charge in [-0.15, -0.1) is 0 Å². The molecule has 2 saturated heterocycles. The highest BCUT2D eigenvalue weighted by atomic mass is 15.3. The van der Waals surface area contributed by atoms with Crippen LogP contribution in [-0.2, 0) is 0 Å². The molecule has 2 N–H and O–H groups in total. The quantitative estimate of drug-likeness (QED) is 0.609. The molecule has 2 fully saturated rings. The molecule has 2 heteroatoms. The third-order valence-electron chi connectivity index (χ3n) is 3.55. The zero-order valence-electron chi connectivity index (χ0n) is 7.34. The molecule has 0 aromatic heterocycles. The predicted octanol–water partition coefficient (Wildman–Crippen LogP) is 0.962. The summed E-state index contributed by atoms with van der Waals surface area (Å²) in [6, 6.07) is 0.368. The van der Waals surface area contributed by atoms with Gasteiger partial charge in [0.1, 0.15) is 0 Å². The second-order valence-electron chi connectivity index (χ2n) is 4.09. The molecule has 0 aliphatic carbocycles. The van der Waals surface area contributed by atoms with Crippen LogP contribution >= 0.6 is 0 Å². The van der Waals surface area contributed by atoms with Gasteiger partial charge in [-0.2, -0.15) is 0 Å². The van der Waals surface area contributed by atoms with Crippen molar-refractivity contribution in [3.8, 4) is 0 Å². The zero-order chi connectivity index (χ0) is 7.90. The highest BCUT2D eigenvalue weighted by Gasteiger charge is 2.46. The van der Waals surface area contributed by atoms with Crippen LogP contribution in [0.4, 0.5) is 0 Å². The van der Waals surface area contributed by atoms with Crippen molar-refractivity contribution in [2.75, 3.05) is 13.1 Å². The van der Waals surface area contributed by atoms with E-state index in [0.29, 0.717) is 11.6 Å². The molecule has 2 heterocycles. The first-order chi connectivity index (χ1) is 5.26. The summed E-state index contributed by atoms with van der Waals surface area (Å²) in [5.74, 6) is 0. The molecule has 2 aliphatic rings. The maximum Gasteiger partial charge on any atom is 0.0358 e. The third kappa shape index (κ3) is 0.926. The van der Waals surface area contributed by atoms with E-state index in [9.17, 15) is 0 Å². The van der Waals surface area contributed by atoms with Crippen LogP contribution in [0.1, 0.15) is 32.6 Å². The molecule has 2 nitrogen and oxygen atoms in total. The second kappa shape index (κ2) is 2.46. The summed E-state index contributed by atoms with van der Waals surface area (Å²) < 4.78 is 0. The van der Waals surface area contributed by atoms with Gasteiger partial charge >= 0.3 is 0 Å². The van der Waals surface area contributed by atoms with E-state index in [1.54, 1.807) is 0 Å². The summed E-state index contributed by atoms with van der Waals surface area (Å²) in [6.45, 7) is 4.76. The molecule has 2 rings (SSSR count). The molecule has 1 atom stereocenters. The van der Waals surface area contributed by atoms with E-state index < -0.39 is 0 Å². The van der Waals surface area contributed by atoms with Gasteiger partial charge in [-0.05, 0) is 45.7 Å². The van der Waals surface area contributed by atoms with E-state index in [0.717, 1.165) is 0 Å². The molecule has 0 aromatic carbocycles. The fourth-order valence-corrected chi connectivity index (χ4v) is 2.89. The Balaban J connectivity index is 2.20. The maximum atomic E-state index is 6.03. The third-order valence-corrected chi connectivity index (χ3v) is 3.55. The topological polar surface area (TPSA) is 29.3 Å². The number of rotatable bonds is 1. The van der Waals surface area contributed by atoms with Gasteiger partial charge in [0.2, 0.25) is 0 Å². The zero-order valence-corrected chi connectivity index (χ0v) is 7.34. The summed E-state index contributed by atoms with van der Waals surface area (Å²) in [4.78, 5) is 2.61. The van der Waals surface area contributed by atoms with Gasteiger partial charge in [0.15, 0.2) is 0 Å². The summed E-state index contributed by atoms with van der Waals surface area (Å²) in [7, 11) is 0. The van der Waals surface area contributed by atoms with Crippen molar-refractivity contribution in [2.45, 2.75) is 44.2 Å². The summed E-state index contributed by atoms with van der Waals surface area (Å²) in [5.41, 5.74) is 6.45. The first kappa shape index (κ1) is 7.56. The van der Waals surface area contributed by atoms with E-state index in [-0.39, 0.29) is 0 Å². The Kier molecular flexibility index (Phi) is 1.69. The minimum atomic E-state index is 0.368. The Morgan fingerprint density at radius 1 is 1.27 bits per heavy atom. The molecule has 0 amide bonds. The van der Waals surface area contributed by atoms with E-state index >= 15 is 0 Å². The lowest BCUT2D eigenvalue weighted by Crippen LogP contribution is -2.51. The van der Waals surface area contributed by atoms with Gasteiger partial charge < -0.3 is 5.73 Å². The second-order valence-corrected chi connectivity index (χ2v) is 4.09. The average molecular weight is 154 g/mol. The summed E-state index contributed by atoms with van der Waals surface area (Å²) in [5, 5.41) is 0. The van der Waals surface area contributed by atoms with E-state index in [4.69, 9.17) is 5.73 Å². The molecule has 11 heavy (non-hydrogen) atoms. The SMILES string of the molecule is C[C@@H](N)C12CCCN1CCC2. The first-order valence-electron chi connectivity index (χ1n) is 4.76. The van der Waals surface area contributed by atoms with Crippen molar-refractivity contribution in [3.63, 3.8) is 0 Å². The Morgan fingerprint density at radius 3 is 2.18 bits per heavy atom. The van der Waals surface area contributed by atoms with Crippen molar-refractivity contribution in [3.05, 3.63) is 0 Å². The Labute approximate surface area is 68.7 Å². The monoisotopic (exact) mass is 154 g/mol.